The molecule has 2 aromatic carbocycles. The molecule has 1 aliphatic rings. The normalized spacial score (nSPS) is 16.3. The van der Waals surface area contributed by atoms with Crippen LogP contribution in [0.1, 0.15) is 11.1 Å². The Hall–Kier alpha value is -2.53. The summed E-state index contributed by atoms with van der Waals surface area (Å²) in [6.07, 6.45) is 1.72. The number of aryl methyl sites for hydroxylation is 1. The van der Waals surface area contributed by atoms with Crippen molar-refractivity contribution in [2.24, 2.45) is 0 Å². The molecule has 0 saturated carbocycles. The summed E-state index contributed by atoms with van der Waals surface area (Å²) in [5.74, 6) is 0.455. The largest absolute Gasteiger partial charge is 0.497 e. The fraction of sp³-hybridized carbons (Fsp3) is 0.111. The van der Waals surface area contributed by atoms with Gasteiger partial charge in [-0.2, -0.15) is 0 Å². The predicted octanol–water partition coefficient (Wildman–Crippen LogP) is 4.24. The number of imide groups is 1. The van der Waals surface area contributed by atoms with Gasteiger partial charge in [0.25, 0.3) is 11.1 Å². The summed E-state index contributed by atoms with van der Waals surface area (Å²) in [5.41, 5.74) is 2.45. The smallest absolute Gasteiger partial charge is 0.298 e. The monoisotopic (exact) mass is 325 g/mol. The van der Waals surface area contributed by atoms with Gasteiger partial charge < -0.3 is 4.74 Å². The second kappa shape index (κ2) is 6.30. The molecule has 1 saturated heterocycles. The van der Waals surface area contributed by atoms with Gasteiger partial charge >= 0.3 is 0 Å². The number of hydrogen-bond acceptors (Lipinski definition) is 4. The molecule has 2 aromatic rings. The third-order valence-electron chi connectivity index (χ3n) is 3.47. The van der Waals surface area contributed by atoms with Gasteiger partial charge in [-0.05, 0) is 60.2 Å². The second-order valence-corrected chi connectivity index (χ2v) is 6.12. The maximum atomic E-state index is 12.5. The molecule has 3 rings (SSSR count). The first kappa shape index (κ1) is 15.4. The van der Waals surface area contributed by atoms with Crippen molar-refractivity contribution in [2.75, 3.05) is 12.0 Å². The van der Waals surface area contributed by atoms with Gasteiger partial charge in [0.05, 0.1) is 17.7 Å². The summed E-state index contributed by atoms with van der Waals surface area (Å²) in [4.78, 5) is 26.4. The number of nitrogens with zero attached hydrogens (tertiary/aromatic N) is 1. The van der Waals surface area contributed by atoms with Gasteiger partial charge in [0.15, 0.2) is 0 Å². The zero-order chi connectivity index (χ0) is 16.4. The molecule has 4 nitrogen and oxygen atoms in total. The molecule has 0 aromatic heterocycles. The molecule has 5 heteroatoms. The number of benzene rings is 2. The van der Waals surface area contributed by atoms with Crippen LogP contribution in [0.2, 0.25) is 0 Å². The van der Waals surface area contributed by atoms with Gasteiger partial charge in [-0.1, -0.05) is 24.3 Å². The average molecular weight is 325 g/mol. The third kappa shape index (κ3) is 3.14. The van der Waals surface area contributed by atoms with E-state index in [-0.39, 0.29) is 11.1 Å². The number of anilines is 1. The molecular formula is C18H15NO3S. The van der Waals surface area contributed by atoms with Crippen molar-refractivity contribution in [1.82, 2.24) is 0 Å². The number of amides is 2. The highest BCUT2D eigenvalue weighted by Gasteiger charge is 2.36. The van der Waals surface area contributed by atoms with Gasteiger partial charge in [-0.15, -0.1) is 0 Å². The minimum absolute atomic E-state index is 0.277. The van der Waals surface area contributed by atoms with E-state index in [1.165, 1.54) is 4.90 Å². The Balaban J connectivity index is 1.89. The Morgan fingerprint density at radius 2 is 1.83 bits per heavy atom. The number of rotatable bonds is 3. The number of carbonyl (C=O) groups excluding carboxylic acids is 2. The average Bonchev–Trinajstić information content (AvgIpc) is 2.82. The van der Waals surface area contributed by atoms with Gasteiger partial charge in [0.1, 0.15) is 5.75 Å². The summed E-state index contributed by atoms with van der Waals surface area (Å²) in [6.45, 7) is 1.93. The second-order valence-electron chi connectivity index (χ2n) is 5.13. The van der Waals surface area contributed by atoms with E-state index in [0.717, 1.165) is 28.6 Å². The van der Waals surface area contributed by atoms with Crippen LogP contribution in [0.25, 0.3) is 6.08 Å². The molecule has 1 heterocycles. The van der Waals surface area contributed by atoms with E-state index in [9.17, 15) is 9.59 Å². The molecular weight excluding hydrogens is 310 g/mol. The van der Waals surface area contributed by atoms with Crippen molar-refractivity contribution in [3.63, 3.8) is 0 Å². The van der Waals surface area contributed by atoms with Gasteiger partial charge in [-0.3, -0.25) is 9.59 Å². The van der Waals surface area contributed by atoms with Crippen molar-refractivity contribution >= 4 is 34.7 Å². The molecule has 0 unspecified atom stereocenters. The number of ether oxygens (including phenoxy) is 1. The molecule has 23 heavy (non-hydrogen) atoms. The lowest BCUT2D eigenvalue weighted by atomic mass is 10.2. The zero-order valence-electron chi connectivity index (χ0n) is 12.8. The van der Waals surface area contributed by atoms with E-state index in [4.69, 9.17) is 4.74 Å². The van der Waals surface area contributed by atoms with Crippen LogP contribution in [-0.4, -0.2) is 18.3 Å². The molecule has 0 atom stereocenters. The lowest BCUT2D eigenvalue weighted by molar-refractivity contribution is -0.113. The highest BCUT2D eigenvalue weighted by atomic mass is 32.2. The Kier molecular flexibility index (Phi) is 4.21. The van der Waals surface area contributed by atoms with Crippen molar-refractivity contribution < 1.29 is 14.3 Å². The SMILES string of the molecule is COc1ccc(/C=C2\SC(=O)N(c3cccc(C)c3)C2=O)cc1. The topological polar surface area (TPSA) is 46.6 Å². The van der Waals surface area contributed by atoms with E-state index in [1.54, 1.807) is 19.3 Å². The quantitative estimate of drug-likeness (QED) is 0.792. The van der Waals surface area contributed by atoms with E-state index >= 15 is 0 Å². The van der Waals surface area contributed by atoms with Crippen LogP contribution in [-0.2, 0) is 4.79 Å². The minimum atomic E-state index is -0.290. The van der Waals surface area contributed by atoms with Crippen LogP contribution >= 0.6 is 11.8 Å². The number of thioether (sulfide) groups is 1. The van der Waals surface area contributed by atoms with E-state index in [0.29, 0.717) is 10.6 Å². The molecule has 1 fully saturated rings. The summed E-state index contributed by atoms with van der Waals surface area (Å²) < 4.78 is 5.11. The fourth-order valence-electron chi connectivity index (χ4n) is 2.31. The standard InChI is InChI=1S/C18H15NO3S/c1-12-4-3-5-14(10-12)19-17(20)16(23-18(19)21)11-13-6-8-15(22-2)9-7-13/h3-11H,1-2H3/b16-11-. The van der Waals surface area contributed by atoms with Crippen LogP contribution in [0.4, 0.5) is 10.5 Å². The third-order valence-corrected chi connectivity index (χ3v) is 4.34. The number of hydrogen-bond donors (Lipinski definition) is 0. The summed E-state index contributed by atoms with van der Waals surface area (Å²) in [6, 6.07) is 14.7. The predicted molar refractivity (Wildman–Crippen MR) is 92.6 cm³/mol. The Morgan fingerprint density at radius 1 is 1.09 bits per heavy atom. The Morgan fingerprint density at radius 3 is 2.48 bits per heavy atom. The molecule has 0 radical (unpaired) electrons. The van der Waals surface area contributed by atoms with Crippen molar-refractivity contribution in [2.45, 2.75) is 6.92 Å². The molecule has 2 amide bonds. The van der Waals surface area contributed by atoms with Gasteiger partial charge in [-0.25, -0.2) is 4.90 Å². The highest BCUT2D eigenvalue weighted by molar-refractivity contribution is 8.19. The van der Waals surface area contributed by atoms with Crippen molar-refractivity contribution in [3.05, 3.63) is 64.6 Å². The Bertz CT molecular complexity index is 796. The first-order valence-electron chi connectivity index (χ1n) is 7.07. The van der Waals surface area contributed by atoms with Gasteiger partial charge in [0.2, 0.25) is 0 Å². The van der Waals surface area contributed by atoms with Crippen LogP contribution in [0.5, 0.6) is 5.75 Å². The maximum absolute atomic E-state index is 12.5. The number of carbonyl (C=O) groups is 2. The lowest BCUT2D eigenvalue weighted by Gasteiger charge is -2.12. The Labute approximate surface area is 138 Å². The van der Waals surface area contributed by atoms with Crippen LogP contribution in [0.3, 0.4) is 0 Å². The molecule has 0 aliphatic carbocycles. The van der Waals surface area contributed by atoms with Crippen LogP contribution in [0.15, 0.2) is 53.4 Å². The highest BCUT2D eigenvalue weighted by Crippen LogP contribution is 2.36. The first-order valence-corrected chi connectivity index (χ1v) is 7.89. The lowest BCUT2D eigenvalue weighted by Crippen LogP contribution is -2.27. The first-order chi connectivity index (χ1) is 11.1. The summed E-state index contributed by atoms with van der Waals surface area (Å²) >= 11 is 0.955. The zero-order valence-corrected chi connectivity index (χ0v) is 13.6. The van der Waals surface area contributed by atoms with Crippen LogP contribution < -0.4 is 9.64 Å². The van der Waals surface area contributed by atoms with E-state index in [1.807, 2.05) is 49.4 Å². The van der Waals surface area contributed by atoms with E-state index < -0.39 is 0 Å². The molecule has 0 N–H and O–H groups in total. The van der Waals surface area contributed by atoms with Crippen LogP contribution in [0, 0.1) is 6.92 Å². The summed E-state index contributed by atoms with van der Waals surface area (Å²) in [5, 5.41) is -0.277. The molecule has 116 valence electrons. The number of methoxy groups -OCH3 is 1. The molecule has 0 spiro atoms. The molecule has 1 aliphatic heterocycles. The van der Waals surface area contributed by atoms with E-state index in [2.05, 4.69) is 0 Å². The fourth-order valence-corrected chi connectivity index (χ4v) is 3.15. The van der Waals surface area contributed by atoms with Crippen molar-refractivity contribution in [1.29, 1.82) is 0 Å². The van der Waals surface area contributed by atoms with Crippen molar-refractivity contribution in [3.8, 4) is 5.75 Å². The summed E-state index contributed by atoms with van der Waals surface area (Å²) in [7, 11) is 1.60. The minimum Gasteiger partial charge on any atom is -0.497 e. The molecule has 0 bridgehead atoms. The maximum Gasteiger partial charge on any atom is 0.298 e. The van der Waals surface area contributed by atoms with Gasteiger partial charge in [0, 0.05) is 0 Å².